The summed E-state index contributed by atoms with van der Waals surface area (Å²) < 4.78 is 11.6. The molecule has 0 amide bonds. The van der Waals surface area contributed by atoms with Crippen LogP contribution in [0.15, 0.2) is 40.9 Å². The maximum Gasteiger partial charge on any atom is 0.124 e. The number of hydrogen-bond acceptors (Lipinski definition) is 3. The van der Waals surface area contributed by atoms with E-state index in [1.165, 1.54) is 0 Å². The van der Waals surface area contributed by atoms with Gasteiger partial charge in [0.05, 0.1) is 31.0 Å². The molecule has 5 heteroatoms. The molecule has 1 N–H and O–H groups in total. The van der Waals surface area contributed by atoms with Gasteiger partial charge in [0.15, 0.2) is 0 Å². The average molecular weight is 371 g/mol. The Morgan fingerprint density at radius 1 is 1.10 bits per heavy atom. The molecule has 112 valence electrons. The number of halogens is 2. The predicted molar refractivity (Wildman–Crippen MR) is 90.7 cm³/mol. The molecule has 0 saturated heterocycles. The van der Waals surface area contributed by atoms with Crippen LogP contribution in [0.5, 0.6) is 11.5 Å². The zero-order valence-electron chi connectivity index (χ0n) is 12.1. The summed E-state index contributed by atoms with van der Waals surface area (Å²) in [6.07, 6.45) is 0. The van der Waals surface area contributed by atoms with Crippen LogP contribution in [0.2, 0.25) is 5.02 Å². The summed E-state index contributed by atoms with van der Waals surface area (Å²) in [5, 5.41) is 4.06. The van der Waals surface area contributed by atoms with Crippen LogP contribution in [-0.2, 0) is 0 Å². The Bertz CT molecular complexity index is 634. The van der Waals surface area contributed by atoms with Crippen molar-refractivity contribution in [1.29, 1.82) is 0 Å². The first kappa shape index (κ1) is 16.0. The van der Waals surface area contributed by atoms with Gasteiger partial charge in [0.1, 0.15) is 11.5 Å². The van der Waals surface area contributed by atoms with Crippen molar-refractivity contribution in [2.24, 2.45) is 0 Å². The molecule has 2 aromatic carbocycles. The molecule has 0 aromatic heterocycles. The molecule has 0 bridgehead atoms. The maximum atomic E-state index is 6.24. The van der Waals surface area contributed by atoms with Crippen LogP contribution in [-0.4, -0.2) is 14.2 Å². The molecule has 1 unspecified atom stereocenters. The molecule has 0 aliphatic carbocycles. The average Bonchev–Trinajstić information content (AvgIpc) is 2.49. The van der Waals surface area contributed by atoms with Gasteiger partial charge in [-0.05, 0) is 43.3 Å². The van der Waals surface area contributed by atoms with E-state index < -0.39 is 0 Å². The van der Waals surface area contributed by atoms with Crippen LogP contribution in [0.3, 0.4) is 0 Å². The van der Waals surface area contributed by atoms with E-state index in [1.807, 2.05) is 36.4 Å². The third-order valence-electron chi connectivity index (χ3n) is 3.21. The van der Waals surface area contributed by atoms with Crippen molar-refractivity contribution >= 4 is 33.2 Å². The Morgan fingerprint density at radius 3 is 2.48 bits per heavy atom. The summed E-state index contributed by atoms with van der Waals surface area (Å²) in [6.45, 7) is 2.05. The van der Waals surface area contributed by atoms with Gasteiger partial charge in [-0.3, -0.25) is 0 Å². The van der Waals surface area contributed by atoms with Gasteiger partial charge in [0.25, 0.3) is 0 Å². The minimum atomic E-state index is 0.0220. The van der Waals surface area contributed by atoms with Gasteiger partial charge in [0, 0.05) is 10.0 Å². The van der Waals surface area contributed by atoms with Crippen LogP contribution in [0, 0.1) is 0 Å². The topological polar surface area (TPSA) is 30.5 Å². The first-order valence-corrected chi connectivity index (χ1v) is 7.65. The fraction of sp³-hybridized carbons (Fsp3) is 0.250. The number of hydrogen-bond donors (Lipinski definition) is 1. The first-order valence-electron chi connectivity index (χ1n) is 6.48. The van der Waals surface area contributed by atoms with Crippen molar-refractivity contribution in [3.05, 3.63) is 51.5 Å². The lowest BCUT2D eigenvalue weighted by Crippen LogP contribution is -2.09. The Labute approximate surface area is 138 Å². The minimum absolute atomic E-state index is 0.0220. The molecular formula is C16H17BrClNO2. The maximum absolute atomic E-state index is 6.24. The van der Waals surface area contributed by atoms with E-state index in [9.17, 15) is 0 Å². The van der Waals surface area contributed by atoms with Crippen LogP contribution < -0.4 is 14.8 Å². The van der Waals surface area contributed by atoms with E-state index in [1.54, 1.807) is 14.2 Å². The SMILES string of the molecule is COc1ccc(OC)c(C(C)Nc2ccc(Br)cc2Cl)c1. The smallest absolute Gasteiger partial charge is 0.124 e. The Hall–Kier alpha value is -1.39. The van der Waals surface area contributed by atoms with Crippen molar-refractivity contribution in [1.82, 2.24) is 0 Å². The fourth-order valence-electron chi connectivity index (χ4n) is 2.10. The largest absolute Gasteiger partial charge is 0.497 e. The third kappa shape index (κ3) is 3.83. The van der Waals surface area contributed by atoms with Crippen molar-refractivity contribution in [3.63, 3.8) is 0 Å². The van der Waals surface area contributed by atoms with Gasteiger partial charge in [-0.15, -0.1) is 0 Å². The highest BCUT2D eigenvalue weighted by atomic mass is 79.9. The van der Waals surface area contributed by atoms with Gasteiger partial charge < -0.3 is 14.8 Å². The molecular weight excluding hydrogens is 354 g/mol. The molecule has 2 aromatic rings. The highest BCUT2D eigenvalue weighted by Crippen LogP contribution is 2.33. The van der Waals surface area contributed by atoms with E-state index >= 15 is 0 Å². The Balaban J connectivity index is 2.28. The fourth-order valence-corrected chi connectivity index (χ4v) is 2.82. The summed E-state index contributed by atoms with van der Waals surface area (Å²) in [7, 11) is 3.31. The normalized spacial score (nSPS) is 11.9. The highest BCUT2D eigenvalue weighted by Gasteiger charge is 2.14. The molecule has 0 aliphatic heterocycles. The van der Waals surface area contributed by atoms with Crippen LogP contribution >= 0.6 is 27.5 Å². The lowest BCUT2D eigenvalue weighted by atomic mass is 10.1. The van der Waals surface area contributed by atoms with Gasteiger partial charge in [-0.2, -0.15) is 0 Å². The number of rotatable bonds is 5. The molecule has 0 heterocycles. The van der Waals surface area contributed by atoms with Crippen LogP contribution in [0.1, 0.15) is 18.5 Å². The second-order valence-electron chi connectivity index (χ2n) is 4.60. The second kappa shape index (κ2) is 7.05. The standard InChI is InChI=1S/C16H17BrClNO2/c1-10(19-15-6-4-11(17)8-14(15)18)13-9-12(20-2)5-7-16(13)21-3/h4-10,19H,1-3H3. The molecule has 0 radical (unpaired) electrons. The number of anilines is 1. The molecule has 0 aliphatic rings. The molecule has 0 fully saturated rings. The minimum Gasteiger partial charge on any atom is -0.497 e. The van der Waals surface area contributed by atoms with Gasteiger partial charge >= 0.3 is 0 Å². The molecule has 0 saturated carbocycles. The zero-order valence-corrected chi connectivity index (χ0v) is 14.5. The molecule has 0 spiro atoms. The first-order chi connectivity index (χ1) is 10.0. The monoisotopic (exact) mass is 369 g/mol. The number of methoxy groups -OCH3 is 2. The van der Waals surface area contributed by atoms with E-state index in [0.717, 1.165) is 27.2 Å². The number of ether oxygens (including phenoxy) is 2. The van der Waals surface area contributed by atoms with Crippen LogP contribution in [0.4, 0.5) is 5.69 Å². The highest BCUT2D eigenvalue weighted by molar-refractivity contribution is 9.10. The van der Waals surface area contributed by atoms with Gasteiger partial charge in [0.2, 0.25) is 0 Å². The third-order valence-corrected chi connectivity index (χ3v) is 4.01. The van der Waals surface area contributed by atoms with E-state index in [2.05, 4.69) is 28.2 Å². The quantitative estimate of drug-likeness (QED) is 0.775. The number of benzene rings is 2. The summed E-state index contributed by atoms with van der Waals surface area (Å²) in [5.74, 6) is 1.60. The zero-order chi connectivity index (χ0) is 15.4. The molecule has 2 rings (SSSR count). The van der Waals surface area contributed by atoms with Crippen molar-refractivity contribution in [2.75, 3.05) is 19.5 Å². The van der Waals surface area contributed by atoms with Crippen molar-refractivity contribution in [3.8, 4) is 11.5 Å². The van der Waals surface area contributed by atoms with E-state index in [4.69, 9.17) is 21.1 Å². The van der Waals surface area contributed by atoms with Gasteiger partial charge in [-0.25, -0.2) is 0 Å². The Morgan fingerprint density at radius 2 is 1.86 bits per heavy atom. The lowest BCUT2D eigenvalue weighted by molar-refractivity contribution is 0.397. The molecule has 1 atom stereocenters. The molecule has 3 nitrogen and oxygen atoms in total. The number of nitrogens with one attached hydrogen (secondary N) is 1. The van der Waals surface area contributed by atoms with Crippen LogP contribution in [0.25, 0.3) is 0 Å². The summed E-state index contributed by atoms with van der Waals surface area (Å²) >= 11 is 9.65. The second-order valence-corrected chi connectivity index (χ2v) is 5.92. The predicted octanol–water partition coefficient (Wildman–Crippen LogP) is 5.29. The van der Waals surface area contributed by atoms with E-state index in [0.29, 0.717) is 5.02 Å². The van der Waals surface area contributed by atoms with E-state index in [-0.39, 0.29) is 6.04 Å². The lowest BCUT2D eigenvalue weighted by Gasteiger charge is -2.20. The summed E-state index contributed by atoms with van der Waals surface area (Å²) in [6, 6.07) is 11.5. The summed E-state index contributed by atoms with van der Waals surface area (Å²) in [5.41, 5.74) is 1.88. The summed E-state index contributed by atoms with van der Waals surface area (Å²) in [4.78, 5) is 0. The van der Waals surface area contributed by atoms with Gasteiger partial charge in [-0.1, -0.05) is 27.5 Å². The van der Waals surface area contributed by atoms with Crippen molar-refractivity contribution < 1.29 is 9.47 Å². The molecule has 21 heavy (non-hydrogen) atoms. The Kier molecular flexibility index (Phi) is 5.37. The van der Waals surface area contributed by atoms with Crippen molar-refractivity contribution in [2.45, 2.75) is 13.0 Å².